The van der Waals surface area contributed by atoms with Crippen LogP contribution < -0.4 is 0 Å². The summed E-state index contributed by atoms with van der Waals surface area (Å²) in [5.41, 5.74) is 3.93. The summed E-state index contributed by atoms with van der Waals surface area (Å²) < 4.78 is 4.87. The highest BCUT2D eigenvalue weighted by atomic mass is 16.5. The summed E-state index contributed by atoms with van der Waals surface area (Å²) >= 11 is 0. The topological polar surface area (TPSA) is 87.0 Å². The maximum absolute atomic E-state index is 11.0. The van der Waals surface area contributed by atoms with Gasteiger partial charge in [-0.05, 0) is 62.2 Å². The first-order valence-electron chi connectivity index (χ1n) is 8.79. The molecule has 0 atom stereocenters. The largest absolute Gasteiger partial charge is 0.458 e. The molecule has 1 heterocycles. The first kappa shape index (κ1) is 21.4. The van der Waals surface area contributed by atoms with Crippen LogP contribution in [0.25, 0.3) is 0 Å². The SMILES string of the molecule is C/C(=C\CCC1=CC(=O)OC1)CC/C=C(\CO)CCC=C(CO)CO. The fourth-order valence-corrected chi connectivity index (χ4v) is 2.55. The summed E-state index contributed by atoms with van der Waals surface area (Å²) in [6.07, 6.45) is 12.6. The molecular formula is C20H30O5. The van der Waals surface area contributed by atoms with Gasteiger partial charge >= 0.3 is 5.97 Å². The van der Waals surface area contributed by atoms with Gasteiger partial charge in [0.05, 0.1) is 19.8 Å². The lowest BCUT2D eigenvalue weighted by atomic mass is 10.0. The van der Waals surface area contributed by atoms with Crippen molar-refractivity contribution in [3.05, 3.63) is 46.6 Å². The zero-order valence-electron chi connectivity index (χ0n) is 15.0. The van der Waals surface area contributed by atoms with Crippen molar-refractivity contribution in [3.8, 4) is 0 Å². The molecule has 0 radical (unpaired) electrons. The van der Waals surface area contributed by atoms with Gasteiger partial charge in [0.25, 0.3) is 0 Å². The van der Waals surface area contributed by atoms with E-state index in [1.54, 1.807) is 6.08 Å². The lowest BCUT2D eigenvalue weighted by Crippen LogP contribution is -1.97. The predicted octanol–water partition coefficient (Wildman–Crippen LogP) is 2.59. The zero-order valence-corrected chi connectivity index (χ0v) is 15.0. The molecule has 0 aliphatic carbocycles. The average Bonchev–Trinajstić information content (AvgIpc) is 3.02. The highest BCUT2D eigenvalue weighted by molar-refractivity contribution is 5.85. The molecule has 0 unspecified atom stereocenters. The number of allylic oxidation sites excluding steroid dienone is 4. The van der Waals surface area contributed by atoms with Gasteiger partial charge in [-0.25, -0.2) is 4.79 Å². The lowest BCUT2D eigenvalue weighted by Gasteiger charge is -2.05. The molecule has 0 spiro atoms. The van der Waals surface area contributed by atoms with Gasteiger partial charge in [0.15, 0.2) is 0 Å². The molecule has 1 aliphatic heterocycles. The molecule has 0 saturated heterocycles. The Kier molecular flexibility index (Phi) is 10.8. The zero-order chi connectivity index (χ0) is 18.5. The van der Waals surface area contributed by atoms with Crippen LogP contribution in [0.5, 0.6) is 0 Å². The first-order valence-corrected chi connectivity index (χ1v) is 8.79. The normalized spacial score (nSPS) is 15.2. The maximum atomic E-state index is 11.0. The quantitative estimate of drug-likeness (QED) is 0.372. The molecule has 0 amide bonds. The number of carbonyl (C=O) groups excluding carboxylic acids is 1. The number of ether oxygens (including phenoxy) is 1. The molecule has 5 nitrogen and oxygen atoms in total. The third-order valence-electron chi connectivity index (χ3n) is 4.16. The van der Waals surface area contributed by atoms with Crippen LogP contribution in [-0.4, -0.2) is 47.7 Å². The molecule has 0 aromatic heterocycles. The number of aliphatic hydroxyl groups is 3. The Balaban J connectivity index is 2.30. The molecule has 1 aliphatic rings. The van der Waals surface area contributed by atoms with Crippen molar-refractivity contribution in [2.75, 3.05) is 26.4 Å². The number of aliphatic hydroxyl groups excluding tert-OH is 3. The van der Waals surface area contributed by atoms with Crippen LogP contribution >= 0.6 is 0 Å². The molecule has 1 rings (SSSR count). The van der Waals surface area contributed by atoms with Crippen molar-refractivity contribution in [2.45, 2.75) is 45.4 Å². The summed E-state index contributed by atoms with van der Waals surface area (Å²) in [4.78, 5) is 11.0. The van der Waals surface area contributed by atoms with E-state index < -0.39 is 0 Å². The Morgan fingerprint density at radius 2 is 1.64 bits per heavy atom. The van der Waals surface area contributed by atoms with Gasteiger partial charge in [0.2, 0.25) is 0 Å². The van der Waals surface area contributed by atoms with E-state index in [9.17, 15) is 9.90 Å². The van der Waals surface area contributed by atoms with Crippen LogP contribution in [0.4, 0.5) is 0 Å². The van der Waals surface area contributed by atoms with Crippen molar-refractivity contribution >= 4 is 5.97 Å². The number of hydrogen-bond acceptors (Lipinski definition) is 5. The summed E-state index contributed by atoms with van der Waals surface area (Å²) in [6, 6.07) is 0. The van der Waals surface area contributed by atoms with Crippen molar-refractivity contribution in [1.29, 1.82) is 0 Å². The second-order valence-corrected chi connectivity index (χ2v) is 6.28. The molecule has 0 fully saturated rings. The second kappa shape index (κ2) is 12.6. The number of carbonyl (C=O) groups is 1. The van der Waals surface area contributed by atoms with Crippen LogP contribution in [-0.2, 0) is 9.53 Å². The van der Waals surface area contributed by atoms with Gasteiger partial charge in [-0.2, -0.15) is 0 Å². The van der Waals surface area contributed by atoms with E-state index in [1.165, 1.54) is 5.57 Å². The van der Waals surface area contributed by atoms with Crippen LogP contribution in [0.15, 0.2) is 46.6 Å². The summed E-state index contributed by atoms with van der Waals surface area (Å²) in [7, 11) is 0. The van der Waals surface area contributed by atoms with E-state index in [-0.39, 0.29) is 25.8 Å². The Hall–Kier alpha value is -1.69. The van der Waals surface area contributed by atoms with Gasteiger partial charge in [-0.15, -0.1) is 0 Å². The molecule has 0 aromatic carbocycles. The molecule has 0 bridgehead atoms. The van der Waals surface area contributed by atoms with Crippen LogP contribution in [0.1, 0.15) is 45.4 Å². The van der Waals surface area contributed by atoms with Crippen LogP contribution in [0, 0.1) is 0 Å². The van der Waals surface area contributed by atoms with E-state index >= 15 is 0 Å². The van der Waals surface area contributed by atoms with E-state index in [4.69, 9.17) is 14.9 Å². The van der Waals surface area contributed by atoms with E-state index in [2.05, 4.69) is 19.1 Å². The Labute approximate surface area is 150 Å². The molecule has 0 saturated carbocycles. The van der Waals surface area contributed by atoms with Crippen molar-refractivity contribution < 1.29 is 24.9 Å². The molecule has 3 N–H and O–H groups in total. The Bertz CT molecular complexity index is 534. The third-order valence-corrected chi connectivity index (χ3v) is 4.16. The fourth-order valence-electron chi connectivity index (χ4n) is 2.55. The van der Waals surface area contributed by atoms with E-state index in [1.807, 2.05) is 6.08 Å². The third kappa shape index (κ3) is 9.39. The smallest absolute Gasteiger partial charge is 0.331 e. The van der Waals surface area contributed by atoms with Crippen LogP contribution in [0.3, 0.4) is 0 Å². The Morgan fingerprint density at radius 3 is 2.24 bits per heavy atom. The number of hydrogen-bond donors (Lipinski definition) is 3. The number of esters is 1. The van der Waals surface area contributed by atoms with Gasteiger partial charge in [-0.1, -0.05) is 23.8 Å². The molecule has 0 aromatic rings. The highest BCUT2D eigenvalue weighted by Crippen LogP contribution is 2.16. The lowest BCUT2D eigenvalue weighted by molar-refractivity contribution is -0.134. The minimum Gasteiger partial charge on any atom is -0.458 e. The molecular weight excluding hydrogens is 320 g/mol. The van der Waals surface area contributed by atoms with Gasteiger partial charge in [0, 0.05) is 6.08 Å². The van der Waals surface area contributed by atoms with Crippen molar-refractivity contribution in [1.82, 2.24) is 0 Å². The van der Waals surface area contributed by atoms with Crippen LogP contribution in [0.2, 0.25) is 0 Å². The monoisotopic (exact) mass is 350 g/mol. The number of rotatable bonds is 12. The highest BCUT2D eigenvalue weighted by Gasteiger charge is 2.11. The van der Waals surface area contributed by atoms with E-state index in [0.717, 1.165) is 43.3 Å². The minimum atomic E-state index is -0.239. The number of cyclic esters (lactones) is 1. The summed E-state index contributed by atoms with van der Waals surface area (Å²) in [5, 5.41) is 27.4. The summed E-state index contributed by atoms with van der Waals surface area (Å²) in [6.45, 7) is 2.30. The Morgan fingerprint density at radius 1 is 1.00 bits per heavy atom. The molecule has 5 heteroatoms. The maximum Gasteiger partial charge on any atom is 0.331 e. The average molecular weight is 350 g/mol. The minimum absolute atomic E-state index is 0.0341. The predicted molar refractivity (Wildman–Crippen MR) is 97.9 cm³/mol. The van der Waals surface area contributed by atoms with Gasteiger partial charge < -0.3 is 20.1 Å². The first-order chi connectivity index (χ1) is 12.1. The van der Waals surface area contributed by atoms with Gasteiger partial charge in [0.1, 0.15) is 6.61 Å². The molecule has 25 heavy (non-hydrogen) atoms. The molecule has 140 valence electrons. The van der Waals surface area contributed by atoms with E-state index in [0.29, 0.717) is 18.6 Å². The standard InChI is InChI=1S/C20H30O5/c1-16(6-3-9-18-11-20(24)25-15-18)5-2-7-17(12-21)8-4-10-19(13-22)14-23/h6-7,10-11,21-23H,2-5,8-9,12-15H2,1H3/b16-6+,17-7-. The fraction of sp³-hybridized carbons (Fsp3) is 0.550. The van der Waals surface area contributed by atoms with Gasteiger partial charge in [-0.3, -0.25) is 0 Å². The summed E-state index contributed by atoms with van der Waals surface area (Å²) in [5.74, 6) is -0.239. The van der Waals surface area contributed by atoms with Crippen molar-refractivity contribution in [3.63, 3.8) is 0 Å². The second-order valence-electron chi connectivity index (χ2n) is 6.28. The van der Waals surface area contributed by atoms with Crippen molar-refractivity contribution in [2.24, 2.45) is 0 Å².